The lowest BCUT2D eigenvalue weighted by Crippen LogP contribution is -2.38. The van der Waals surface area contributed by atoms with Crippen molar-refractivity contribution in [1.82, 2.24) is 5.32 Å². The van der Waals surface area contributed by atoms with E-state index in [4.69, 9.17) is 10.5 Å². The number of halogens is 1. The van der Waals surface area contributed by atoms with Gasteiger partial charge in [-0.05, 0) is 59.3 Å². The molecule has 1 atom stereocenters. The molecule has 0 radical (unpaired) electrons. The van der Waals surface area contributed by atoms with Gasteiger partial charge in [0, 0.05) is 12.6 Å². The van der Waals surface area contributed by atoms with E-state index in [0.29, 0.717) is 25.5 Å². The highest BCUT2D eigenvalue weighted by molar-refractivity contribution is 9.10. The topological polar surface area (TPSA) is 64.3 Å². The number of hydrogen-bond acceptors (Lipinski definition) is 3. The van der Waals surface area contributed by atoms with Gasteiger partial charge in [-0.25, -0.2) is 0 Å². The van der Waals surface area contributed by atoms with E-state index in [9.17, 15) is 4.79 Å². The minimum Gasteiger partial charge on any atom is -0.492 e. The minimum atomic E-state index is -0.00988. The van der Waals surface area contributed by atoms with Crippen molar-refractivity contribution in [2.24, 2.45) is 11.7 Å². The third-order valence-corrected chi connectivity index (χ3v) is 4.06. The molecule has 2 rings (SSSR count). The van der Waals surface area contributed by atoms with Crippen molar-refractivity contribution >= 4 is 21.8 Å². The molecule has 0 heterocycles. The molecule has 1 aromatic carbocycles. The van der Waals surface area contributed by atoms with E-state index in [0.717, 1.165) is 15.8 Å². The molecule has 1 aliphatic rings. The van der Waals surface area contributed by atoms with E-state index in [1.807, 2.05) is 25.1 Å². The molecule has 0 bridgehead atoms. The standard InChI is InChI=1S/C15H21BrN2O2/c1-10-2-5-14(12(16)8-10)20-7-6-15(19)18-9-13(17)11-3-4-11/h2,5,8,11,13H,3-4,6-7,9,17H2,1H3,(H,18,19). The monoisotopic (exact) mass is 340 g/mol. The molecule has 1 saturated carbocycles. The van der Waals surface area contributed by atoms with Crippen LogP contribution in [-0.4, -0.2) is 25.1 Å². The average molecular weight is 341 g/mol. The van der Waals surface area contributed by atoms with Crippen LogP contribution in [0.5, 0.6) is 5.75 Å². The normalized spacial score (nSPS) is 15.8. The van der Waals surface area contributed by atoms with Crippen molar-refractivity contribution in [3.8, 4) is 5.75 Å². The molecule has 4 nitrogen and oxygen atoms in total. The van der Waals surface area contributed by atoms with Crippen molar-refractivity contribution in [2.45, 2.75) is 32.2 Å². The second-order valence-corrected chi connectivity index (χ2v) is 6.19. The zero-order chi connectivity index (χ0) is 14.5. The quantitative estimate of drug-likeness (QED) is 0.800. The maximum Gasteiger partial charge on any atom is 0.223 e. The van der Waals surface area contributed by atoms with Crippen LogP contribution in [0.1, 0.15) is 24.8 Å². The number of carbonyl (C=O) groups is 1. The second kappa shape index (κ2) is 7.09. The summed E-state index contributed by atoms with van der Waals surface area (Å²) in [5.74, 6) is 1.36. The van der Waals surface area contributed by atoms with E-state index in [1.54, 1.807) is 0 Å². The maximum absolute atomic E-state index is 11.7. The van der Waals surface area contributed by atoms with Crippen molar-refractivity contribution in [3.63, 3.8) is 0 Å². The molecule has 1 unspecified atom stereocenters. The molecule has 0 spiro atoms. The summed E-state index contributed by atoms with van der Waals surface area (Å²) in [5, 5.41) is 2.86. The minimum absolute atomic E-state index is 0.00988. The summed E-state index contributed by atoms with van der Waals surface area (Å²) in [6, 6.07) is 5.98. The lowest BCUT2D eigenvalue weighted by molar-refractivity contribution is -0.121. The number of carbonyl (C=O) groups excluding carboxylic acids is 1. The molecular weight excluding hydrogens is 320 g/mol. The fourth-order valence-electron chi connectivity index (χ4n) is 1.99. The third-order valence-electron chi connectivity index (χ3n) is 3.44. The van der Waals surface area contributed by atoms with Gasteiger partial charge in [-0.1, -0.05) is 6.07 Å². The van der Waals surface area contributed by atoms with Crippen LogP contribution in [0.4, 0.5) is 0 Å². The number of nitrogens with one attached hydrogen (secondary N) is 1. The molecule has 0 aromatic heterocycles. The molecule has 1 amide bonds. The van der Waals surface area contributed by atoms with Gasteiger partial charge in [0.1, 0.15) is 5.75 Å². The summed E-state index contributed by atoms with van der Waals surface area (Å²) in [5.41, 5.74) is 7.09. The summed E-state index contributed by atoms with van der Waals surface area (Å²) in [7, 11) is 0. The molecular formula is C15H21BrN2O2. The largest absolute Gasteiger partial charge is 0.492 e. The van der Waals surface area contributed by atoms with Crippen LogP contribution in [-0.2, 0) is 4.79 Å². The molecule has 1 aromatic rings. The van der Waals surface area contributed by atoms with E-state index < -0.39 is 0 Å². The summed E-state index contributed by atoms with van der Waals surface area (Å²) in [6.07, 6.45) is 2.74. The number of nitrogens with two attached hydrogens (primary N) is 1. The van der Waals surface area contributed by atoms with E-state index in [-0.39, 0.29) is 11.9 Å². The van der Waals surface area contributed by atoms with Gasteiger partial charge in [-0.3, -0.25) is 4.79 Å². The van der Waals surface area contributed by atoms with Crippen LogP contribution in [0.3, 0.4) is 0 Å². The fraction of sp³-hybridized carbons (Fsp3) is 0.533. The Morgan fingerprint density at radius 1 is 1.55 bits per heavy atom. The Hall–Kier alpha value is -1.07. The highest BCUT2D eigenvalue weighted by Gasteiger charge is 2.28. The number of hydrogen-bond donors (Lipinski definition) is 2. The smallest absolute Gasteiger partial charge is 0.223 e. The molecule has 20 heavy (non-hydrogen) atoms. The van der Waals surface area contributed by atoms with Crippen LogP contribution in [0, 0.1) is 12.8 Å². The number of aryl methyl sites for hydroxylation is 1. The van der Waals surface area contributed by atoms with Gasteiger partial charge in [0.2, 0.25) is 5.91 Å². The summed E-state index contributed by atoms with van der Waals surface area (Å²) in [4.78, 5) is 11.7. The van der Waals surface area contributed by atoms with Crippen molar-refractivity contribution < 1.29 is 9.53 Å². The van der Waals surface area contributed by atoms with Crippen molar-refractivity contribution in [2.75, 3.05) is 13.2 Å². The van der Waals surface area contributed by atoms with Crippen LogP contribution in [0.15, 0.2) is 22.7 Å². The molecule has 0 aliphatic heterocycles. The van der Waals surface area contributed by atoms with E-state index >= 15 is 0 Å². The third kappa shape index (κ3) is 4.80. The zero-order valence-corrected chi connectivity index (χ0v) is 13.3. The Kier molecular flexibility index (Phi) is 5.43. The van der Waals surface area contributed by atoms with Gasteiger partial charge in [0.25, 0.3) is 0 Å². The SMILES string of the molecule is Cc1ccc(OCCC(=O)NCC(N)C2CC2)c(Br)c1. The summed E-state index contributed by atoms with van der Waals surface area (Å²) < 4.78 is 6.50. The predicted octanol–water partition coefficient (Wildman–Crippen LogP) is 2.38. The Morgan fingerprint density at radius 2 is 2.30 bits per heavy atom. The van der Waals surface area contributed by atoms with Gasteiger partial charge in [0.05, 0.1) is 17.5 Å². The predicted molar refractivity (Wildman–Crippen MR) is 82.7 cm³/mol. The van der Waals surface area contributed by atoms with E-state index in [1.165, 1.54) is 12.8 Å². The van der Waals surface area contributed by atoms with Crippen LogP contribution in [0.2, 0.25) is 0 Å². The molecule has 110 valence electrons. The van der Waals surface area contributed by atoms with Crippen LogP contribution < -0.4 is 15.8 Å². The van der Waals surface area contributed by atoms with E-state index in [2.05, 4.69) is 21.2 Å². The van der Waals surface area contributed by atoms with Gasteiger partial charge >= 0.3 is 0 Å². The second-order valence-electron chi connectivity index (χ2n) is 5.34. The number of ether oxygens (including phenoxy) is 1. The lowest BCUT2D eigenvalue weighted by Gasteiger charge is -2.12. The summed E-state index contributed by atoms with van der Waals surface area (Å²) in [6.45, 7) is 2.95. The first kappa shape index (κ1) is 15.3. The molecule has 0 saturated heterocycles. The zero-order valence-electron chi connectivity index (χ0n) is 11.7. The number of rotatable bonds is 7. The van der Waals surface area contributed by atoms with Crippen LogP contribution >= 0.6 is 15.9 Å². The van der Waals surface area contributed by atoms with Crippen molar-refractivity contribution in [3.05, 3.63) is 28.2 Å². The average Bonchev–Trinajstić information content (AvgIpc) is 3.23. The molecule has 1 fully saturated rings. The molecule has 3 N–H and O–H groups in total. The lowest BCUT2D eigenvalue weighted by atomic mass is 10.2. The van der Waals surface area contributed by atoms with Gasteiger partial charge in [-0.2, -0.15) is 0 Å². The van der Waals surface area contributed by atoms with Crippen molar-refractivity contribution in [1.29, 1.82) is 0 Å². The molecule has 1 aliphatic carbocycles. The van der Waals surface area contributed by atoms with Gasteiger partial charge in [0.15, 0.2) is 0 Å². The fourth-order valence-corrected chi connectivity index (χ4v) is 2.60. The Morgan fingerprint density at radius 3 is 2.95 bits per heavy atom. The highest BCUT2D eigenvalue weighted by atomic mass is 79.9. The van der Waals surface area contributed by atoms with Crippen LogP contribution in [0.25, 0.3) is 0 Å². The Bertz CT molecular complexity index is 475. The number of amides is 1. The first-order chi connectivity index (χ1) is 9.56. The Labute approximate surface area is 128 Å². The highest BCUT2D eigenvalue weighted by Crippen LogP contribution is 2.31. The summed E-state index contributed by atoms with van der Waals surface area (Å²) >= 11 is 3.44. The Balaban J connectivity index is 1.65. The van der Waals surface area contributed by atoms with Gasteiger partial charge < -0.3 is 15.8 Å². The maximum atomic E-state index is 11.7. The first-order valence-corrected chi connectivity index (χ1v) is 7.77. The first-order valence-electron chi connectivity index (χ1n) is 6.97. The van der Waals surface area contributed by atoms with Gasteiger partial charge in [-0.15, -0.1) is 0 Å². The number of benzene rings is 1. The molecule has 5 heteroatoms.